The number of nitrogens with zero attached hydrogens (tertiary/aromatic N) is 2. The van der Waals surface area contributed by atoms with Crippen LogP contribution in [0.15, 0.2) is 29.8 Å². The molecular weight excluding hydrogens is 497 g/mol. The Morgan fingerprint density at radius 2 is 2.00 bits per heavy atom. The van der Waals surface area contributed by atoms with E-state index in [-0.39, 0.29) is 50.5 Å². The standard InChI is InChI=1S/C22H29IN3O2S/c1-14(16-6-8-17(9-7-16)20-15(2)24-13-29-20)25-21(28)18-11-23-12-26(18)19(27)10-22(3,4)5/h6-9,13-14,18H,10-12H2,1-5H3,(H,25,28)/q-1/t14-,18-/m0/s1. The Bertz CT molecular complexity index is 873. The van der Waals surface area contributed by atoms with Crippen molar-refractivity contribution in [3.8, 4) is 10.4 Å². The van der Waals surface area contributed by atoms with Gasteiger partial charge in [0.25, 0.3) is 0 Å². The number of carbonyl (C=O) groups excluding carboxylic acids is 2. The zero-order valence-corrected chi connectivity index (χ0v) is 20.6. The van der Waals surface area contributed by atoms with E-state index in [0.717, 1.165) is 25.8 Å². The van der Waals surface area contributed by atoms with Crippen LogP contribution in [0.1, 0.15) is 51.4 Å². The summed E-state index contributed by atoms with van der Waals surface area (Å²) in [6.45, 7) is 10.2. The summed E-state index contributed by atoms with van der Waals surface area (Å²) in [6.07, 6.45) is 0.481. The monoisotopic (exact) mass is 526 g/mol. The molecule has 2 aromatic rings. The number of aryl methyl sites for hydroxylation is 1. The summed E-state index contributed by atoms with van der Waals surface area (Å²) in [7, 11) is 0. The fourth-order valence-corrected chi connectivity index (χ4v) is 7.24. The van der Waals surface area contributed by atoms with Crippen LogP contribution in [0.25, 0.3) is 10.4 Å². The van der Waals surface area contributed by atoms with E-state index >= 15 is 0 Å². The second-order valence-electron chi connectivity index (χ2n) is 8.70. The molecule has 7 heteroatoms. The van der Waals surface area contributed by atoms with Crippen molar-refractivity contribution in [3.05, 3.63) is 41.0 Å². The van der Waals surface area contributed by atoms with Gasteiger partial charge in [0, 0.05) is 0 Å². The normalized spacial score (nSPS) is 18.2. The van der Waals surface area contributed by atoms with Gasteiger partial charge in [-0.1, -0.05) is 0 Å². The van der Waals surface area contributed by atoms with Crippen molar-refractivity contribution in [2.75, 3.05) is 8.98 Å². The predicted molar refractivity (Wildman–Crippen MR) is 113 cm³/mol. The molecule has 1 fully saturated rings. The van der Waals surface area contributed by atoms with E-state index < -0.39 is 0 Å². The molecule has 5 nitrogen and oxygen atoms in total. The summed E-state index contributed by atoms with van der Waals surface area (Å²) in [6, 6.07) is 7.88. The van der Waals surface area contributed by atoms with Gasteiger partial charge >= 0.3 is 188 Å². The number of carbonyl (C=O) groups is 2. The van der Waals surface area contributed by atoms with Crippen molar-refractivity contribution >= 4 is 23.2 Å². The van der Waals surface area contributed by atoms with Gasteiger partial charge < -0.3 is 0 Å². The van der Waals surface area contributed by atoms with Crippen LogP contribution < -0.4 is 26.5 Å². The minimum absolute atomic E-state index is 0.0284. The molecule has 0 unspecified atom stereocenters. The fourth-order valence-electron chi connectivity index (χ4n) is 3.31. The van der Waals surface area contributed by atoms with E-state index in [2.05, 4.69) is 55.3 Å². The number of thiazole rings is 1. The summed E-state index contributed by atoms with van der Waals surface area (Å²) in [5.74, 6) is 0.0751. The average Bonchev–Trinajstić information content (AvgIpc) is 3.29. The Morgan fingerprint density at radius 3 is 2.59 bits per heavy atom. The quantitative estimate of drug-likeness (QED) is 0.359. The molecule has 1 aromatic carbocycles. The molecule has 1 saturated heterocycles. The number of alkyl halides is 2. The van der Waals surface area contributed by atoms with Crippen LogP contribution in [0.5, 0.6) is 0 Å². The van der Waals surface area contributed by atoms with Gasteiger partial charge in [-0.05, 0) is 0 Å². The number of benzene rings is 1. The van der Waals surface area contributed by atoms with E-state index in [1.807, 2.05) is 24.3 Å². The number of aromatic nitrogens is 1. The number of amides is 2. The average molecular weight is 526 g/mol. The molecule has 1 N–H and O–H groups in total. The van der Waals surface area contributed by atoms with Crippen LogP contribution in [0.3, 0.4) is 0 Å². The van der Waals surface area contributed by atoms with Gasteiger partial charge in [-0.3, -0.25) is 0 Å². The molecule has 2 amide bonds. The third kappa shape index (κ3) is 5.57. The number of hydrogen-bond donors (Lipinski definition) is 1. The number of hydrogen-bond acceptors (Lipinski definition) is 4. The molecule has 1 aliphatic rings. The van der Waals surface area contributed by atoms with Gasteiger partial charge in [0.1, 0.15) is 0 Å². The number of rotatable bonds is 5. The summed E-state index contributed by atoms with van der Waals surface area (Å²) in [5, 5.41) is 3.13. The molecule has 0 saturated carbocycles. The first kappa shape index (κ1) is 22.2. The Balaban J connectivity index is 1.64. The predicted octanol–water partition coefficient (Wildman–Crippen LogP) is 0.989. The zero-order valence-electron chi connectivity index (χ0n) is 17.7. The molecular formula is C22H29IN3O2S-. The number of halogens is 1. The molecule has 0 aliphatic carbocycles. The van der Waals surface area contributed by atoms with E-state index in [1.54, 1.807) is 11.3 Å². The molecule has 0 radical (unpaired) electrons. The summed E-state index contributed by atoms with van der Waals surface area (Å²) >= 11 is 1.52. The van der Waals surface area contributed by atoms with Gasteiger partial charge in [-0.25, -0.2) is 0 Å². The molecule has 3 rings (SSSR count). The first-order chi connectivity index (χ1) is 13.7. The van der Waals surface area contributed by atoms with Gasteiger partial charge in [-0.15, -0.1) is 0 Å². The summed E-state index contributed by atoms with van der Waals surface area (Å²) in [4.78, 5) is 32.9. The van der Waals surface area contributed by atoms with Crippen LogP contribution in [0.4, 0.5) is 0 Å². The second kappa shape index (κ2) is 9.12. The Morgan fingerprint density at radius 1 is 1.31 bits per heavy atom. The van der Waals surface area contributed by atoms with Gasteiger partial charge in [0.05, 0.1) is 0 Å². The van der Waals surface area contributed by atoms with E-state index in [1.165, 1.54) is 4.88 Å². The van der Waals surface area contributed by atoms with Crippen molar-refractivity contribution in [3.63, 3.8) is 0 Å². The maximum atomic E-state index is 12.9. The van der Waals surface area contributed by atoms with Crippen molar-refractivity contribution in [2.45, 2.75) is 53.1 Å². The molecule has 2 heterocycles. The maximum absolute atomic E-state index is 12.9. The Kier molecular flexibility index (Phi) is 6.98. The van der Waals surface area contributed by atoms with Crippen LogP contribution in [-0.4, -0.2) is 36.7 Å². The minimum atomic E-state index is -0.306. The first-order valence-electron chi connectivity index (χ1n) is 9.79. The Hall–Kier alpha value is -1.48. The molecule has 0 bridgehead atoms. The van der Waals surface area contributed by atoms with Gasteiger partial charge in [0.15, 0.2) is 0 Å². The van der Waals surface area contributed by atoms with Crippen LogP contribution in [-0.2, 0) is 9.59 Å². The van der Waals surface area contributed by atoms with E-state index in [0.29, 0.717) is 6.42 Å². The van der Waals surface area contributed by atoms with Crippen molar-refractivity contribution in [2.24, 2.45) is 5.41 Å². The van der Waals surface area contributed by atoms with Crippen molar-refractivity contribution in [1.29, 1.82) is 0 Å². The fraction of sp³-hybridized carbons (Fsp3) is 0.500. The molecule has 2 atom stereocenters. The SMILES string of the molecule is Cc1ncsc1-c1ccc([C@H](C)NC(=O)[C@@H]2C[I-]CN2C(=O)CC(C)(C)C)cc1. The van der Waals surface area contributed by atoms with Crippen LogP contribution >= 0.6 is 11.3 Å². The first-order valence-corrected chi connectivity index (χ1v) is 13.7. The van der Waals surface area contributed by atoms with Crippen molar-refractivity contribution < 1.29 is 30.8 Å². The third-order valence-electron chi connectivity index (χ3n) is 4.93. The zero-order chi connectivity index (χ0) is 21.2. The van der Waals surface area contributed by atoms with Gasteiger partial charge in [0.2, 0.25) is 0 Å². The molecule has 1 aromatic heterocycles. The summed E-state index contributed by atoms with van der Waals surface area (Å²) < 4.78 is 1.63. The van der Waals surface area contributed by atoms with Gasteiger partial charge in [-0.2, -0.15) is 0 Å². The van der Waals surface area contributed by atoms with Crippen LogP contribution in [0, 0.1) is 12.3 Å². The number of nitrogens with one attached hydrogen (secondary N) is 1. The Labute approximate surface area is 187 Å². The molecule has 0 spiro atoms. The topological polar surface area (TPSA) is 62.3 Å². The third-order valence-corrected chi connectivity index (χ3v) is 8.58. The van der Waals surface area contributed by atoms with E-state index in [4.69, 9.17) is 0 Å². The van der Waals surface area contributed by atoms with Crippen LogP contribution in [0.2, 0.25) is 0 Å². The summed E-state index contributed by atoms with van der Waals surface area (Å²) in [5.41, 5.74) is 5.04. The molecule has 1 aliphatic heterocycles. The molecule has 29 heavy (non-hydrogen) atoms. The second-order valence-corrected chi connectivity index (χ2v) is 12.2. The van der Waals surface area contributed by atoms with Crippen molar-refractivity contribution in [1.82, 2.24) is 15.2 Å². The molecule has 158 valence electrons. The van der Waals surface area contributed by atoms with E-state index in [9.17, 15) is 9.59 Å².